The van der Waals surface area contributed by atoms with Gasteiger partial charge < -0.3 is 4.42 Å². The van der Waals surface area contributed by atoms with E-state index in [-0.39, 0.29) is 11.1 Å². The van der Waals surface area contributed by atoms with Crippen molar-refractivity contribution in [2.24, 2.45) is 0 Å². The van der Waals surface area contributed by atoms with Crippen molar-refractivity contribution < 1.29 is 21.8 Å². The van der Waals surface area contributed by atoms with Crippen molar-refractivity contribution in [3.8, 4) is 0 Å². The van der Waals surface area contributed by atoms with E-state index in [1.54, 1.807) is 0 Å². The van der Waals surface area contributed by atoms with E-state index in [0.29, 0.717) is 0 Å². The van der Waals surface area contributed by atoms with Crippen LogP contribution in [0.2, 0.25) is 0 Å². The Morgan fingerprint density at radius 2 is 2.07 bits per heavy atom. The van der Waals surface area contributed by atoms with Crippen LogP contribution in [-0.4, -0.2) is 18.0 Å². The quantitative estimate of drug-likeness (QED) is 0.699. The number of hydrogen-bond donors (Lipinski definition) is 2. The van der Waals surface area contributed by atoms with Gasteiger partial charge in [-0.1, -0.05) is 0 Å². The largest absolute Gasteiger partial charge is 0.417 e. The lowest BCUT2D eigenvalue weighted by Crippen LogP contribution is -2.01. The molecular weight excluding hydrogens is 229 g/mol. The van der Waals surface area contributed by atoms with Gasteiger partial charge in [-0.25, -0.2) is 9.18 Å². The first-order chi connectivity index (χ1) is 6.88. The molecule has 15 heavy (non-hydrogen) atoms. The topological polar surface area (TPSA) is 100 Å². The number of benzene rings is 1. The second kappa shape index (κ2) is 2.91. The summed E-state index contributed by atoms with van der Waals surface area (Å²) in [4.78, 5) is 11.9. The minimum absolute atomic E-state index is 0.0184. The molecule has 0 fully saturated rings. The van der Waals surface area contributed by atoms with Crippen LogP contribution in [0.5, 0.6) is 0 Å². The van der Waals surface area contributed by atoms with Crippen molar-refractivity contribution in [1.82, 2.24) is 4.98 Å². The number of oxazole rings is 1. The molecular formula is C7H4FNO5S. The first-order valence-corrected chi connectivity index (χ1v) is 5.12. The highest BCUT2D eigenvalue weighted by molar-refractivity contribution is 7.85. The molecule has 2 N–H and O–H groups in total. The Hall–Kier alpha value is -1.67. The molecule has 6 nitrogen and oxygen atoms in total. The maximum atomic E-state index is 13.1. The third kappa shape index (κ3) is 1.64. The maximum absolute atomic E-state index is 13.1. The predicted molar refractivity (Wildman–Crippen MR) is 46.6 cm³/mol. The molecule has 0 aliphatic rings. The number of aromatic amines is 1. The molecule has 2 aromatic rings. The predicted octanol–water partition coefficient (Wildman–Crippen LogP) is 0.507. The van der Waals surface area contributed by atoms with Crippen molar-refractivity contribution in [3.05, 3.63) is 28.5 Å². The molecule has 0 radical (unpaired) electrons. The Morgan fingerprint density at radius 3 is 2.67 bits per heavy atom. The number of H-pyrrole nitrogens is 1. The van der Waals surface area contributed by atoms with Gasteiger partial charge in [0.2, 0.25) is 0 Å². The summed E-state index contributed by atoms with van der Waals surface area (Å²) in [7, 11) is -4.67. The lowest BCUT2D eigenvalue weighted by Gasteiger charge is -1.97. The highest BCUT2D eigenvalue weighted by atomic mass is 32.2. The summed E-state index contributed by atoms with van der Waals surface area (Å²) in [6.07, 6.45) is 0. The van der Waals surface area contributed by atoms with Crippen LogP contribution in [0.25, 0.3) is 11.1 Å². The molecule has 0 unspecified atom stereocenters. The standard InChI is InChI=1S/C7H4FNO5S/c8-3-1-4-5(14-7(10)9-4)2-6(3)15(11,12)13/h1-2H,(H,9,10)(H,11,12,13). The van der Waals surface area contributed by atoms with Gasteiger partial charge >= 0.3 is 5.76 Å². The molecule has 0 aliphatic carbocycles. The van der Waals surface area contributed by atoms with Gasteiger partial charge in [0.15, 0.2) is 5.58 Å². The van der Waals surface area contributed by atoms with E-state index in [2.05, 4.69) is 9.40 Å². The Kier molecular flexibility index (Phi) is 1.91. The average Bonchev–Trinajstić information content (AvgIpc) is 2.40. The van der Waals surface area contributed by atoms with Gasteiger partial charge in [-0.3, -0.25) is 9.54 Å². The molecule has 0 saturated heterocycles. The number of nitrogens with one attached hydrogen (secondary N) is 1. The van der Waals surface area contributed by atoms with Gasteiger partial charge in [-0.2, -0.15) is 8.42 Å². The second-order valence-electron chi connectivity index (χ2n) is 2.77. The normalized spacial score (nSPS) is 12.1. The van der Waals surface area contributed by atoms with Crippen LogP contribution in [0, 0.1) is 5.82 Å². The van der Waals surface area contributed by atoms with Crippen LogP contribution in [0.1, 0.15) is 0 Å². The van der Waals surface area contributed by atoms with Crippen LogP contribution >= 0.6 is 0 Å². The summed E-state index contributed by atoms with van der Waals surface area (Å²) >= 11 is 0. The van der Waals surface area contributed by atoms with E-state index in [9.17, 15) is 17.6 Å². The SMILES string of the molecule is O=c1[nH]c2cc(F)c(S(=O)(=O)O)cc2o1. The van der Waals surface area contributed by atoms with Crippen LogP contribution < -0.4 is 5.76 Å². The first kappa shape index (κ1) is 9.87. The Balaban J connectivity index is 2.89. The summed E-state index contributed by atoms with van der Waals surface area (Å²) in [5.41, 5.74) is -0.126. The number of aromatic nitrogens is 1. The number of hydrogen-bond acceptors (Lipinski definition) is 4. The summed E-state index contributed by atoms with van der Waals surface area (Å²) in [6.45, 7) is 0. The third-order valence-corrected chi connectivity index (χ3v) is 2.62. The Bertz CT molecular complexity index is 683. The van der Waals surface area contributed by atoms with E-state index in [4.69, 9.17) is 4.55 Å². The highest BCUT2D eigenvalue weighted by Crippen LogP contribution is 2.20. The average molecular weight is 233 g/mol. The molecule has 1 aromatic heterocycles. The van der Waals surface area contributed by atoms with E-state index in [1.165, 1.54) is 0 Å². The second-order valence-corrected chi connectivity index (χ2v) is 4.16. The number of fused-ring (bicyclic) bond motifs is 1. The molecule has 0 aliphatic heterocycles. The van der Waals surface area contributed by atoms with Gasteiger partial charge in [0.25, 0.3) is 10.1 Å². The van der Waals surface area contributed by atoms with Gasteiger partial charge in [0.1, 0.15) is 10.7 Å². The first-order valence-electron chi connectivity index (χ1n) is 3.68. The molecule has 1 heterocycles. The fourth-order valence-corrected chi connectivity index (χ4v) is 1.71. The molecule has 0 amide bonds. The zero-order valence-electron chi connectivity index (χ0n) is 7.02. The zero-order chi connectivity index (χ0) is 11.2. The number of halogens is 1. The Morgan fingerprint density at radius 1 is 1.40 bits per heavy atom. The van der Waals surface area contributed by atoms with Gasteiger partial charge in [-0.05, 0) is 0 Å². The molecule has 1 aromatic carbocycles. The molecule has 0 spiro atoms. The lowest BCUT2D eigenvalue weighted by molar-refractivity contribution is 0.473. The van der Waals surface area contributed by atoms with Crippen molar-refractivity contribution in [2.45, 2.75) is 4.90 Å². The molecule has 0 saturated carbocycles. The molecule has 0 bridgehead atoms. The smallest absolute Gasteiger partial charge is 0.408 e. The summed E-state index contributed by atoms with van der Waals surface area (Å²) < 4.78 is 47.6. The summed E-state index contributed by atoms with van der Waals surface area (Å²) in [5, 5.41) is 0. The van der Waals surface area contributed by atoms with Crippen LogP contribution in [0.4, 0.5) is 4.39 Å². The minimum atomic E-state index is -4.67. The molecule has 2 rings (SSSR count). The van der Waals surface area contributed by atoms with E-state index >= 15 is 0 Å². The zero-order valence-corrected chi connectivity index (χ0v) is 7.84. The van der Waals surface area contributed by atoms with Crippen molar-refractivity contribution in [2.75, 3.05) is 0 Å². The van der Waals surface area contributed by atoms with Gasteiger partial charge in [0.05, 0.1) is 5.52 Å². The Labute approximate surface area is 82.1 Å². The van der Waals surface area contributed by atoms with Crippen LogP contribution in [0.3, 0.4) is 0 Å². The monoisotopic (exact) mass is 233 g/mol. The fraction of sp³-hybridized carbons (Fsp3) is 0. The van der Waals surface area contributed by atoms with Crippen molar-refractivity contribution in [1.29, 1.82) is 0 Å². The minimum Gasteiger partial charge on any atom is -0.408 e. The number of rotatable bonds is 1. The van der Waals surface area contributed by atoms with Gasteiger partial charge in [-0.15, -0.1) is 0 Å². The highest BCUT2D eigenvalue weighted by Gasteiger charge is 2.18. The summed E-state index contributed by atoms with van der Waals surface area (Å²) in [5.74, 6) is -2.00. The van der Waals surface area contributed by atoms with Crippen LogP contribution in [0.15, 0.2) is 26.2 Å². The van der Waals surface area contributed by atoms with Crippen molar-refractivity contribution in [3.63, 3.8) is 0 Å². The van der Waals surface area contributed by atoms with E-state index in [1.807, 2.05) is 0 Å². The fourth-order valence-electron chi connectivity index (χ4n) is 1.15. The van der Waals surface area contributed by atoms with Gasteiger partial charge in [0, 0.05) is 12.1 Å². The molecule has 80 valence electrons. The van der Waals surface area contributed by atoms with Crippen LogP contribution in [-0.2, 0) is 10.1 Å². The lowest BCUT2D eigenvalue weighted by atomic mass is 10.3. The molecule has 8 heteroatoms. The third-order valence-electron chi connectivity index (χ3n) is 1.75. The summed E-state index contributed by atoms with van der Waals surface area (Å²) in [6, 6.07) is 1.49. The molecule has 0 atom stereocenters. The van der Waals surface area contributed by atoms with E-state index < -0.39 is 26.6 Å². The van der Waals surface area contributed by atoms with Crippen molar-refractivity contribution >= 4 is 21.2 Å². The maximum Gasteiger partial charge on any atom is 0.417 e. The van der Waals surface area contributed by atoms with E-state index in [0.717, 1.165) is 12.1 Å².